The number of halogens is 3. The normalized spacial score (nSPS) is 12.0. The van der Waals surface area contributed by atoms with E-state index < -0.39 is 11.7 Å². The fraction of sp³-hybridized carbons (Fsp3) is 0.350. The molecular formula is C20H21F3N4O. The van der Waals surface area contributed by atoms with Crippen LogP contribution in [0.2, 0.25) is 0 Å². The molecule has 0 radical (unpaired) electrons. The summed E-state index contributed by atoms with van der Waals surface area (Å²) in [4.78, 5) is 17.4. The smallest absolute Gasteiger partial charge is 0.348 e. The molecule has 0 saturated carbocycles. The molecular weight excluding hydrogens is 369 g/mol. The van der Waals surface area contributed by atoms with Crippen LogP contribution in [-0.2, 0) is 19.8 Å². The van der Waals surface area contributed by atoms with E-state index in [1.54, 1.807) is 30.8 Å². The lowest BCUT2D eigenvalue weighted by atomic mass is 10.0. The van der Waals surface area contributed by atoms with Crippen molar-refractivity contribution in [1.82, 2.24) is 20.1 Å². The minimum atomic E-state index is -4.42. The topological polar surface area (TPSA) is 59.8 Å². The fourth-order valence-electron chi connectivity index (χ4n) is 3.07. The lowest BCUT2D eigenvalue weighted by Crippen LogP contribution is -2.24. The van der Waals surface area contributed by atoms with Gasteiger partial charge in [0.1, 0.15) is 0 Å². The molecule has 2 heterocycles. The molecule has 0 unspecified atom stereocenters. The molecule has 5 nitrogen and oxygen atoms in total. The number of aryl methyl sites for hydroxylation is 2. The number of nitrogens with zero attached hydrogens (tertiary/aromatic N) is 3. The van der Waals surface area contributed by atoms with Gasteiger partial charge in [-0.3, -0.25) is 9.48 Å². The highest BCUT2D eigenvalue weighted by atomic mass is 19.4. The summed E-state index contributed by atoms with van der Waals surface area (Å²) in [6.07, 6.45) is -4.42. The van der Waals surface area contributed by atoms with Crippen LogP contribution in [-0.4, -0.2) is 20.7 Å². The number of pyridine rings is 1. The highest BCUT2D eigenvalue weighted by molar-refractivity contribution is 6.06. The zero-order valence-electron chi connectivity index (χ0n) is 16.1. The van der Waals surface area contributed by atoms with Gasteiger partial charge < -0.3 is 5.32 Å². The summed E-state index contributed by atoms with van der Waals surface area (Å²) < 4.78 is 40.2. The molecule has 0 aliphatic carbocycles. The second kappa shape index (κ2) is 7.26. The van der Waals surface area contributed by atoms with Gasteiger partial charge >= 0.3 is 6.18 Å². The van der Waals surface area contributed by atoms with Gasteiger partial charge in [-0.2, -0.15) is 18.3 Å². The molecule has 3 rings (SSSR count). The van der Waals surface area contributed by atoms with E-state index in [-0.39, 0.29) is 18.4 Å². The molecule has 28 heavy (non-hydrogen) atoms. The van der Waals surface area contributed by atoms with Crippen molar-refractivity contribution in [2.24, 2.45) is 7.05 Å². The van der Waals surface area contributed by atoms with E-state index in [1.165, 1.54) is 6.07 Å². The Balaban J connectivity index is 1.92. The predicted octanol–water partition coefficient (Wildman–Crippen LogP) is 4.35. The second-order valence-corrected chi connectivity index (χ2v) is 7.04. The maximum absolute atomic E-state index is 12.9. The first-order chi connectivity index (χ1) is 13.1. The molecule has 2 aromatic heterocycles. The molecule has 0 saturated heterocycles. The average molecular weight is 390 g/mol. The molecule has 0 fully saturated rings. The van der Waals surface area contributed by atoms with Gasteiger partial charge in [0, 0.05) is 19.3 Å². The number of nitrogens with one attached hydrogen (secondary N) is 1. The molecule has 148 valence electrons. The van der Waals surface area contributed by atoms with Crippen LogP contribution in [0.15, 0.2) is 30.3 Å². The number of carbonyl (C=O) groups is 1. The van der Waals surface area contributed by atoms with Gasteiger partial charge in [-0.15, -0.1) is 0 Å². The van der Waals surface area contributed by atoms with Crippen LogP contribution in [0, 0.1) is 6.92 Å². The van der Waals surface area contributed by atoms with Crippen LogP contribution in [0.3, 0.4) is 0 Å². The van der Waals surface area contributed by atoms with E-state index >= 15 is 0 Å². The Bertz CT molecular complexity index is 1040. The summed E-state index contributed by atoms with van der Waals surface area (Å²) in [5.41, 5.74) is 2.08. The van der Waals surface area contributed by atoms with Crippen LogP contribution < -0.4 is 5.32 Å². The van der Waals surface area contributed by atoms with Crippen molar-refractivity contribution in [1.29, 1.82) is 0 Å². The average Bonchev–Trinajstić information content (AvgIpc) is 2.92. The van der Waals surface area contributed by atoms with Gasteiger partial charge in [-0.05, 0) is 36.6 Å². The van der Waals surface area contributed by atoms with E-state index in [0.717, 1.165) is 17.8 Å². The number of alkyl halides is 3. The second-order valence-electron chi connectivity index (χ2n) is 7.04. The third-order valence-electron chi connectivity index (χ3n) is 4.53. The first-order valence-electron chi connectivity index (χ1n) is 8.86. The van der Waals surface area contributed by atoms with Gasteiger partial charge in [-0.1, -0.05) is 26.0 Å². The van der Waals surface area contributed by atoms with Gasteiger partial charge in [-0.25, -0.2) is 4.98 Å². The standard InChI is InChI=1S/C20H21F3N4O/c1-11(2)16-9-15(17-12(3)26-27(4)18(17)25-16)19(28)24-10-13-6-5-7-14(8-13)20(21,22)23/h5-9,11H,10H2,1-4H3,(H,24,28). The first kappa shape index (κ1) is 19.9. The molecule has 0 atom stereocenters. The van der Waals surface area contributed by atoms with Crippen molar-refractivity contribution in [3.05, 3.63) is 58.4 Å². The largest absolute Gasteiger partial charge is 0.416 e. The molecule has 0 aliphatic rings. The molecule has 1 amide bonds. The minimum absolute atomic E-state index is 0.0110. The number of fused-ring (bicyclic) bond motifs is 1. The Morgan fingerprint density at radius 3 is 2.61 bits per heavy atom. The third-order valence-corrected chi connectivity index (χ3v) is 4.53. The van der Waals surface area contributed by atoms with Gasteiger partial charge in [0.05, 0.1) is 22.2 Å². The van der Waals surface area contributed by atoms with E-state index in [9.17, 15) is 18.0 Å². The molecule has 0 aliphatic heterocycles. The van der Waals surface area contributed by atoms with Crippen molar-refractivity contribution in [2.75, 3.05) is 0 Å². The van der Waals surface area contributed by atoms with Crippen LogP contribution in [0.5, 0.6) is 0 Å². The Hall–Kier alpha value is -2.90. The maximum Gasteiger partial charge on any atom is 0.416 e. The molecule has 8 heteroatoms. The fourth-order valence-corrected chi connectivity index (χ4v) is 3.07. The Labute approximate surface area is 160 Å². The Morgan fingerprint density at radius 2 is 1.96 bits per heavy atom. The summed E-state index contributed by atoms with van der Waals surface area (Å²) in [6.45, 7) is 5.73. The summed E-state index contributed by atoms with van der Waals surface area (Å²) in [7, 11) is 1.76. The number of rotatable bonds is 4. The molecule has 0 bridgehead atoms. The van der Waals surface area contributed by atoms with Crippen LogP contribution in [0.25, 0.3) is 11.0 Å². The van der Waals surface area contributed by atoms with Crippen molar-refractivity contribution in [2.45, 2.75) is 39.4 Å². The zero-order valence-corrected chi connectivity index (χ0v) is 16.1. The van der Waals surface area contributed by atoms with Crippen LogP contribution in [0.4, 0.5) is 13.2 Å². The number of aromatic nitrogens is 3. The molecule has 3 aromatic rings. The predicted molar refractivity (Wildman–Crippen MR) is 99.9 cm³/mol. The minimum Gasteiger partial charge on any atom is -0.348 e. The van der Waals surface area contributed by atoms with E-state index in [4.69, 9.17) is 0 Å². The molecule has 1 aromatic carbocycles. The summed E-state index contributed by atoms with van der Waals surface area (Å²) in [5, 5.41) is 7.70. The summed E-state index contributed by atoms with van der Waals surface area (Å²) in [6, 6.07) is 6.65. The number of benzene rings is 1. The maximum atomic E-state index is 12.9. The lowest BCUT2D eigenvalue weighted by Gasteiger charge is -2.12. The van der Waals surface area contributed by atoms with Crippen LogP contribution in [0.1, 0.15) is 52.6 Å². The van der Waals surface area contributed by atoms with Crippen molar-refractivity contribution < 1.29 is 18.0 Å². The number of amides is 1. The number of carbonyl (C=O) groups excluding carboxylic acids is 1. The molecule has 0 spiro atoms. The summed E-state index contributed by atoms with van der Waals surface area (Å²) >= 11 is 0. The van der Waals surface area contributed by atoms with Crippen molar-refractivity contribution in [3.63, 3.8) is 0 Å². The van der Waals surface area contributed by atoms with Gasteiger partial charge in [0.15, 0.2) is 5.65 Å². The van der Waals surface area contributed by atoms with Crippen molar-refractivity contribution in [3.8, 4) is 0 Å². The number of hydrogen-bond donors (Lipinski definition) is 1. The monoisotopic (exact) mass is 390 g/mol. The van der Waals surface area contributed by atoms with Gasteiger partial charge in [0.2, 0.25) is 0 Å². The molecule has 1 N–H and O–H groups in total. The highest BCUT2D eigenvalue weighted by Crippen LogP contribution is 2.29. The quantitative estimate of drug-likeness (QED) is 0.721. The Kier molecular flexibility index (Phi) is 5.14. The third kappa shape index (κ3) is 3.85. The zero-order chi connectivity index (χ0) is 20.6. The highest BCUT2D eigenvalue weighted by Gasteiger charge is 2.30. The summed E-state index contributed by atoms with van der Waals surface area (Å²) in [5.74, 6) is -0.266. The SMILES string of the molecule is Cc1nn(C)c2nc(C(C)C)cc(C(=O)NCc3cccc(C(F)(F)F)c3)c12. The number of hydrogen-bond acceptors (Lipinski definition) is 3. The first-order valence-corrected chi connectivity index (χ1v) is 8.86. The van der Waals surface area contributed by atoms with Crippen LogP contribution >= 0.6 is 0 Å². The van der Waals surface area contributed by atoms with E-state index in [0.29, 0.717) is 27.9 Å². The van der Waals surface area contributed by atoms with Crippen molar-refractivity contribution >= 4 is 16.9 Å². The lowest BCUT2D eigenvalue weighted by molar-refractivity contribution is -0.137. The Morgan fingerprint density at radius 1 is 1.25 bits per heavy atom. The van der Waals surface area contributed by atoms with E-state index in [2.05, 4.69) is 15.4 Å². The van der Waals surface area contributed by atoms with E-state index in [1.807, 2.05) is 13.8 Å². The van der Waals surface area contributed by atoms with Gasteiger partial charge in [0.25, 0.3) is 5.91 Å².